The molecule has 0 spiro atoms. The van der Waals surface area contributed by atoms with Crippen LogP contribution < -0.4 is 10.5 Å². The Morgan fingerprint density at radius 1 is 1.22 bits per heavy atom. The van der Waals surface area contributed by atoms with Crippen LogP contribution in [0.5, 0.6) is 11.6 Å². The first-order valence-corrected chi connectivity index (χ1v) is 5.83. The van der Waals surface area contributed by atoms with Crippen molar-refractivity contribution in [3.8, 4) is 11.6 Å². The van der Waals surface area contributed by atoms with E-state index in [1.165, 1.54) is 18.2 Å². The van der Waals surface area contributed by atoms with Gasteiger partial charge in [0.2, 0.25) is 5.88 Å². The first kappa shape index (κ1) is 13.1. The van der Waals surface area contributed by atoms with Crippen LogP contribution in [0, 0.1) is 5.82 Å². The standard InChI is InChI=1S/C12H9Cl2FN2O/c13-9-4-8(1-2-11(9)15)18-12-10(14)3-7(5-16)6-17-12/h1-4,6H,5,16H2. The number of ether oxygens (including phenoxy) is 1. The zero-order valence-corrected chi connectivity index (χ0v) is 10.7. The second kappa shape index (κ2) is 5.52. The number of halogens is 3. The zero-order chi connectivity index (χ0) is 13.1. The van der Waals surface area contributed by atoms with E-state index < -0.39 is 5.82 Å². The molecule has 1 heterocycles. The van der Waals surface area contributed by atoms with Gasteiger partial charge in [-0.25, -0.2) is 9.37 Å². The van der Waals surface area contributed by atoms with Crippen molar-refractivity contribution in [2.75, 3.05) is 0 Å². The van der Waals surface area contributed by atoms with Gasteiger partial charge < -0.3 is 10.5 Å². The molecule has 0 amide bonds. The molecule has 0 aliphatic rings. The third-order valence-corrected chi connectivity index (χ3v) is 2.77. The Morgan fingerprint density at radius 2 is 2.00 bits per heavy atom. The highest BCUT2D eigenvalue weighted by Crippen LogP contribution is 2.29. The van der Waals surface area contributed by atoms with Crippen molar-refractivity contribution >= 4 is 23.2 Å². The molecule has 6 heteroatoms. The summed E-state index contributed by atoms with van der Waals surface area (Å²) in [5, 5.41) is 0.306. The molecule has 0 aliphatic heterocycles. The quantitative estimate of drug-likeness (QED) is 0.934. The number of pyridine rings is 1. The molecule has 0 aliphatic carbocycles. The van der Waals surface area contributed by atoms with E-state index >= 15 is 0 Å². The van der Waals surface area contributed by atoms with Gasteiger partial charge in [0.25, 0.3) is 0 Å². The van der Waals surface area contributed by atoms with Gasteiger partial charge in [0, 0.05) is 18.8 Å². The number of hydrogen-bond acceptors (Lipinski definition) is 3. The van der Waals surface area contributed by atoms with Gasteiger partial charge >= 0.3 is 0 Å². The van der Waals surface area contributed by atoms with Crippen LogP contribution in [-0.4, -0.2) is 4.98 Å². The molecule has 94 valence electrons. The van der Waals surface area contributed by atoms with Gasteiger partial charge in [-0.05, 0) is 23.8 Å². The molecule has 18 heavy (non-hydrogen) atoms. The van der Waals surface area contributed by atoms with E-state index in [0.717, 1.165) is 5.56 Å². The van der Waals surface area contributed by atoms with Crippen LogP contribution >= 0.6 is 23.2 Å². The van der Waals surface area contributed by atoms with Gasteiger partial charge in [-0.3, -0.25) is 0 Å². The van der Waals surface area contributed by atoms with Crippen LogP contribution in [0.2, 0.25) is 10.0 Å². The minimum atomic E-state index is -0.512. The summed E-state index contributed by atoms with van der Waals surface area (Å²) >= 11 is 11.6. The molecule has 1 aromatic heterocycles. The fourth-order valence-corrected chi connectivity index (χ4v) is 1.70. The van der Waals surface area contributed by atoms with E-state index in [1.807, 2.05) is 0 Å². The second-order valence-corrected chi connectivity index (χ2v) is 4.33. The van der Waals surface area contributed by atoms with Gasteiger partial charge in [-0.2, -0.15) is 0 Å². The fraction of sp³-hybridized carbons (Fsp3) is 0.0833. The Hall–Kier alpha value is -1.36. The molecule has 3 nitrogen and oxygen atoms in total. The minimum absolute atomic E-state index is 0.0257. The number of hydrogen-bond donors (Lipinski definition) is 1. The number of rotatable bonds is 3. The summed E-state index contributed by atoms with van der Waals surface area (Å²) in [6, 6.07) is 5.66. The Bertz CT molecular complexity index is 578. The predicted molar refractivity (Wildman–Crippen MR) is 68.6 cm³/mol. The molecule has 0 fully saturated rings. The first-order chi connectivity index (χ1) is 8.60. The highest BCUT2D eigenvalue weighted by molar-refractivity contribution is 6.32. The fourth-order valence-electron chi connectivity index (χ4n) is 1.30. The van der Waals surface area contributed by atoms with Crippen molar-refractivity contribution in [2.24, 2.45) is 5.73 Å². The molecular weight excluding hydrogens is 278 g/mol. The Morgan fingerprint density at radius 3 is 2.61 bits per heavy atom. The Balaban J connectivity index is 2.25. The van der Waals surface area contributed by atoms with Crippen LogP contribution in [0.4, 0.5) is 4.39 Å². The van der Waals surface area contributed by atoms with Crippen molar-refractivity contribution in [3.63, 3.8) is 0 Å². The molecule has 2 N–H and O–H groups in total. The van der Waals surface area contributed by atoms with E-state index in [-0.39, 0.29) is 10.9 Å². The lowest BCUT2D eigenvalue weighted by Crippen LogP contribution is -1.98. The molecule has 0 saturated carbocycles. The Kier molecular flexibility index (Phi) is 4.01. The third kappa shape index (κ3) is 2.90. The van der Waals surface area contributed by atoms with Crippen molar-refractivity contribution in [3.05, 3.63) is 51.9 Å². The molecule has 0 saturated heterocycles. The third-order valence-electron chi connectivity index (χ3n) is 2.21. The average Bonchev–Trinajstić information content (AvgIpc) is 2.36. The van der Waals surface area contributed by atoms with Crippen molar-refractivity contribution in [1.82, 2.24) is 4.98 Å². The first-order valence-electron chi connectivity index (χ1n) is 5.07. The van der Waals surface area contributed by atoms with Crippen LogP contribution in [0.3, 0.4) is 0 Å². The molecular formula is C12H9Cl2FN2O. The summed E-state index contributed by atoms with van der Waals surface area (Å²) in [4.78, 5) is 4.03. The SMILES string of the molecule is NCc1cnc(Oc2ccc(F)c(Cl)c2)c(Cl)c1. The summed E-state index contributed by atoms with van der Waals surface area (Å²) in [7, 11) is 0. The van der Waals surface area contributed by atoms with Gasteiger partial charge in [0.15, 0.2) is 0 Å². The van der Waals surface area contributed by atoms with E-state index in [9.17, 15) is 4.39 Å². The van der Waals surface area contributed by atoms with Crippen molar-refractivity contribution in [1.29, 1.82) is 0 Å². The number of benzene rings is 1. The van der Waals surface area contributed by atoms with Crippen LogP contribution in [0.25, 0.3) is 0 Å². The van der Waals surface area contributed by atoms with Crippen LogP contribution in [-0.2, 0) is 6.54 Å². The van der Waals surface area contributed by atoms with E-state index in [2.05, 4.69) is 4.98 Å². The summed E-state index contributed by atoms with van der Waals surface area (Å²) in [6.45, 7) is 0.343. The number of aromatic nitrogens is 1. The topological polar surface area (TPSA) is 48.1 Å². The average molecular weight is 287 g/mol. The van der Waals surface area contributed by atoms with E-state index in [1.54, 1.807) is 12.3 Å². The van der Waals surface area contributed by atoms with Crippen molar-refractivity contribution < 1.29 is 9.13 Å². The van der Waals surface area contributed by atoms with Gasteiger partial charge in [0.05, 0.1) is 5.02 Å². The Labute approximate surface area is 113 Å². The van der Waals surface area contributed by atoms with Crippen LogP contribution in [0.1, 0.15) is 5.56 Å². The smallest absolute Gasteiger partial charge is 0.238 e. The molecule has 0 unspecified atom stereocenters. The maximum absolute atomic E-state index is 13.0. The van der Waals surface area contributed by atoms with Crippen LogP contribution in [0.15, 0.2) is 30.5 Å². The summed E-state index contributed by atoms with van der Waals surface area (Å²) in [5.74, 6) is 0.0643. The minimum Gasteiger partial charge on any atom is -0.437 e. The lowest BCUT2D eigenvalue weighted by Gasteiger charge is -2.07. The number of nitrogens with two attached hydrogens (primary N) is 1. The van der Waals surface area contributed by atoms with E-state index in [4.69, 9.17) is 33.7 Å². The van der Waals surface area contributed by atoms with E-state index in [0.29, 0.717) is 17.3 Å². The summed E-state index contributed by atoms with van der Waals surface area (Å²) in [5.41, 5.74) is 6.26. The highest BCUT2D eigenvalue weighted by atomic mass is 35.5. The van der Waals surface area contributed by atoms with Gasteiger partial charge in [-0.1, -0.05) is 23.2 Å². The largest absolute Gasteiger partial charge is 0.437 e. The molecule has 1 aromatic carbocycles. The van der Waals surface area contributed by atoms with Crippen molar-refractivity contribution in [2.45, 2.75) is 6.54 Å². The maximum Gasteiger partial charge on any atom is 0.238 e. The molecule has 0 radical (unpaired) electrons. The van der Waals surface area contributed by atoms with Gasteiger partial charge in [0.1, 0.15) is 16.6 Å². The lowest BCUT2D eigenvalue weighted by atomic mass is 10.3. The normalized spacial score (nSPS) is 10.4. The summed E-state index contributed by atoms with van der Waals surface area (Å²) < 4.78 is 18.4. The highest BCUT2D eigenvalue weighted by Gasteiger charge is 2.08. The molecule has 0 bridgehead atoms. The second-order valence-electron chi connectivity index (χ2n) is 3.51. The number of nitrogens with zero attached hydrogens (tertiary/aromatic N) is 1. The summed E-state index contributed by atoms with van der Waals surface area (Å²) in [6.07, 6.45) is 1.56. The molecule has 2 aromatic rings. The lowest BCUT2D eigenvalue weighted by molar-refractivity contribution is 0.461. The monoisotopic (exact) mass is 286 g/mol. The predicted octanol–water partition coefficient (Wildman–Crippen LogP) is 3.78. The molecule has 0 atom stereocenters. The molecule has 2 rings (SSSR count). The van der Waals surface area contributed by atoms with Gasteiger partial charge in [-0.15, -0.1) is 0 Å². The zero-order valence-electron chi connectivity index (χ0n) is 9.16. The maximum atomic E-state index is 13.0.